The number of amides is 1. The van der Waals surface area contributed by atoms with Crippen molar-refractivity contribution in [1.82, 2.24) is 14.3 Å². The standard InChI is InChI=1S/C22H28FN3O5S2/c1-22(2,3)25-32(28,29)19-9-5-4-8-17(19)15-24-21(27)16-10-11-18(23)20(14-16)33(30,31)26-12-6-7-13-26/h4-5,8-11,14,25H,6-7,12-13,15H2,1-3H3,(H,24,27). The van der Waals surface area contributed by atoms with E-state index >= 15 is 0 Å². The third kappa shape index (κ3) is 5.97. The number of benzene rings is 2. The highest BCUT2D eigenvalue weighted by atomic mass is 32.2. The monoisotopic (exact) mass is 497 g/mol. The van der Waals surface area contributed by atoms with Gasteiger partial charge < -0.3 is 5.32 Å². The first-order valence-electron chi connectivity index (χ1n) is 10.5. The van der Waals surface area contributed by atoms with Crippen LogP contribution < -0.4 is 10.0 Å². The minimum Gasteiger partial charge on any atom is -0.348 e. The summed E-state index contributed by atoms with van der Waals surface area (Å²) >= 11 is 0. The van der Waals surface area contributed by atoms with E-state index in [1.54, 1.807) is 39.0 Å². The van der Waals surface area contributed by atoms with Gasteiger partial charge in [0.2, 0.25) is 20.0 Å². The fourth-order valence-electron chi connectivity index (χ4n) is 3.56. The Morgan fingerprint density at radius 3 is 2.27 bits per heavy atom. The van der Waals surface area contributed by atoms with Crippen LogP contribution >= 0.6 is 0 Å². The van der Waals surface area contributed by atoms with Gasteiger partial charge in [0.25, 0.3) is 5.91 Å². The number of rotatable bonds is 7. The number of hydrogen-bond donors (Lipinski definition) is 2. The average molecular weight is 498 g/mol. The van der Waals surface area contributed by atoms with Gasteiger partial charge in [-0.3, -0.25) is 4.79 Å². The highest BCUT2D eigenvalue weighted by molar-refractivity contribution is 7.89. The SMILES string of the molecule is CC(C)(C)NS(=O)(=O)c1ccccc1CNC(=O)c1ccc(F)c(S(=O)(=O)N2CCCC2)c1. The zero-order valence-electron chi connectivity index (χ0n) is 18.8. The van der Waals surface area contributed by atoms with Gasteiger partial charge in [0.05, 0.1) is 4.90 Å². The predicted molar refractivity (Wildman–Crippen MR) is 122 cm³/mol. The van der Waals surface area contributed by atoms with E-state index in [2.05, 4.69) is 10.0 Å². The Hall–Kier alpha value is -2.34. The van der Waals surface area contributed by atoms with Gasteiger partial charge in [0, 0.05) is 30.7 Å². The molecule has 2 aromatic carbocycles. The molecular weight excluding hydrogens is 469 g/mol. The number of nitrogens with one attached hydrogen (secondary N) is 2. The molecule has 0 saturated carbocycles. The number of halogens is 1. The van der Waals surface area contributed by atoms with Crippen molar-refractivity contribution in [3.05, 3.63) is 59.4 Å². The summed E-state index contributed by atoms with van der Waals surface area (Å²) in [6.45, 7) is 5.66. The lowest BCUT2D eigenvalue weighted by molar-refractivity contribution is 0.0950. The van der Waals surface area contributed by atoms with Crippen LogP contribution in [0.1, 0.15) is 49.5 Å². The molecule has 8 nitrogen and oxygen atoms in total. The van der Waals surface area contributed by atoms with E-state index in [0.29, 0.717) is 31.5 Å². The third-order valence-electron chi connectivity index (χ3n) is 5.02. The van der Waals surface area contributed by atoms with Crippen LogP contribution in [0.2, 0.25) is 0 Å². The molecule has 1 fully saturated rings. The van der Waals surface area contributed by atoms with Crippen molar-refractivity contribution in [2.75, 3.05) is 13.1 Å². The van der Waals surface area contributed by atoms with Crippen LogP contribution in [0.15, 0.2) is 52.3 Å². The maximum Gasteiger partial charge on any atom is 0.251 e. The van der Waals surface area contributed by atoms with Crippen molar-refractivity contribution in [2.45, 2.75) is 55.5 Å². The summed E-state index contributed by atoms with van der Waals surface area (Å²) in [6, 6.07) is 9.40. The van der Waals surface area contributed by atoms with E-state index in [9.17, 15) is 26.0 Å². The normalized spacial score (nSPS) is 15.5. The first-order valence-corrected chi connectivity index (χ1v) is 13.4. The Labute approximate surface area is 194 Å². The highest BCUT2D eigenvalue weighted by Crippen LogP contribution is 2.24. The molecule has 2 aromatic rings. The Bertz CT molecular complexity index is 1250. The van der Waals surface area contributed by atoms with E-state index in [0.717, 1.165) is 12.1 Å². The molecule has 1 saturated heterocycles. The second-order valence-corrected chi connectivity index (χ2v) is 12.5. The number of carbonyl (C=O) groups is 1. The van der Waals surface area contributed by atoms with Crippen LogP contribution in [-0.2, 0) is 26.6 Å². The van der Waals surface area contributed by atoms with Crippen LogP contribution in [0.3, 0.4) is 0 Å². The van der Waals surface area contributed by atoms with Crippen LogP contribution in [0.4, 0.5) is 4.39 Å². The van der Waals surface area contributed by atoms with Crippen molar-refractivity contribution in [3.63, 3.8) is 0 Å². The van der Waals surface area contributed by atoms with Gasteiger partial charge in [-0.05, 0) is 63.4 Å². The zero-order chi connectivity index (χ0) is 24.4. The van der Waals surface area contributed by atoms with Gasteiger partial charge in [-0.25, -0.2) is 25.9 Å². The van der Waals surface area contributed by atoms with Gasteiger partial charge in [0.1, 0.15) is 10.7 Å². The molecule has 1 aliphatic rings. The Morgan fingerprint density at radius 1 is 1.00 bits per heavy atom. The van der Waals surface area contributed by atoms with Crippen molar-refractivity contribution in [1.29, 1.82) is 0 Å². The van der Waals surface area contributed by atoms with Crippen LogP contribution in [0, 0.1) is 5.82 Å². The van der Waals surface area contributed by atoms with E-state index in [1.807, 2.05) is 0 Å². The summed E-state index contributed by atoms with van der Waals surface area (Å²) in [6.07, 6.45) is 1.40. The number of hydrogen-bond acceptors (Lipinski definition) is 5. The molecule has 180 valence electrons. The second kappa shape index (κ2) is 9.49. The summed E-state index contributed by atoms with van der Waals surface area (Å²) in [4.78, 5) is 12.2. The largest absolute Gasteiger partial charge is 0.348 e. The highest BCUT2D eigenvalue weighted by Gasteiger charge is 2.30. The van der Waals surface area contributed by atoms with Crippen LogP contribution in [-0.4, -0.2) is 45.7 Å². The zero-order valence-corrected chi connectivity index (χ0v) is 20.4. The molecular formula is C22H28FN3O5S2. The van der Waals surface area contributed by atoms with Gasteiger partial charge in [-0.15, -0.1) is 0 Å². The number of sulfonamides is 2. The van der Waals surface area contributed by atoms with Crippen LogP contribution in [0.25, 0.3) is 0 Å². The Morgan fingerprint density at radius 2 is 1.64 bits per heavy atom. The van der Waals surface area contributed by atoms with Crippen molar-refractivity contribution in [3.8, 4) is 0 Å². The topological polar surface area (TPSA) is 113 Å². The van der Waals surface area contributed by atoms with Crippen molar-refractivity contribution in [2.24, 2.45) is 0 Å². The summed E-state index contributed by atoms with van der Waals surface area (Å²) in [5, 5.41) is 2.60. The molecule has 33 heavy (non-hydrogen) atoms. The van der Waals surface area contributed by atoms with E-state index < -0.39 is 42.2 Å². The summed E-state index contributed by atoms with van der Waals surface area (Å²) < 4.78 is 69.2. The van der Waals surface area contributed by atoms with Gasteiger partial charge in [-0.1, -0.05) is 18.2 Å². The lowest BCUT2D eigenvalue weighted by Crippen LogP contribution is -2.41. The van der Waals surface area contributed by atoms with E-state index in [1.165, 1.54) is 16.4 Å². The molecule has 0 atom stereocenters. The number of nitrogens with zero attached hydrogens (tertiary/aromatic N) is 1. The molecule has 0 unspecified atom stereocenters. The Balaban J connectivity index is 1.82. The second-order valence-electron chi connectivity index (χ2n) is 8.90. The predicted octanol–water partition coefficient (Wildman–Crippen LogP) is 2.62. The van der Waals surface area contributed by atoms with Crippen LogP contribution in [0.5, 0.6) is 0 Å². The third-order valence-corrected chi connectivity index (χ3v) is 8.79. The maximum atomic E-state index is 14.3. The maximum absolute atomic E-state index is 14.3. The minimum absolute atomic E-state index is 0.0247. The molecule has 0 aliphatic carbocycles. The molecule has 0 bridgehead atoms. The van der Waals surface area contributed by atoms with E-state index in [-0.39, 0.29) is 17.0 Å². The first-order chi connectivity index (χ1) is 15.3. The molecule has 1 amide bonds. The smallest absolute Gasteiger partial charge is 0.251 e. The van der Waals surface area contributed by atoms with Gasteiger partial charge >= 0.3 is 0 Å². The Kier molecular flexibility index (Phi) is 7.27. The molecule has 0 aromatic heterocycles. The summed E-state index contributed by atoms with van der Waals surface area (Å²) in [5.41, 5.74) is -0.377. The summed E-state index contributed by atoms with van der Waals surface area (Å²) in [7, 11) is -7.88. The van der Waals surface area contributed by atoms with Gasteiger partial charge in [-0.2, -0.15) is 4.31 Å². The van der Waals surface area contributed by atoms with E-state index in [4.69, 9.17) is 0 Å². The first kappa shape index (κ1) is 25.3. The fourth-order valence-corrected chi connectivity index (χ4v) is 6.82. The molecule has 1 aliphatic heterocycles. The lowest BCUT2D eigenvalue weighted by atomic mass is 10.1. The number of carbonyl (C=O) groups excluding carboxylic acids is 1. The average Bonchev–Trinajstić information content (AvgIpc) is 3.26. The molecule has 0 spiro atoms. The van der Waals surface area contributed by atoms with Crippen molar-refractivity contribution < 1.29 is 26.0 Å². The molecule has 11 heteroatoms. The van der Waals surface area contributed by atoms with Gasteiger partial charge in [0.15, 0.2) is 0 Å². The summed E-state index contributed by atoms with van der Waals surface area (Å²) in [5.74, 6) is -1.58. The molecule has 3 rings (SSSR count). The molecule has 2 N–H and O–H groups in total. The minimum atomic E-state index is -4.05. The van der Waals surface area contributed by atoms with Crippen molar-refractivity contribution >= 4 is 26.0 Å². The lowest BCUT2D eigenvalue weighted by Gasteiger charge is -2.21. The molecule has 1 heterocycles. The fraction of sp³-hybridized carbons (Fsp3) is 0.409. The quantitative estimate of drug-likeness (QED) is 0.611. The molecule has 0 radical (unpaired) electrons.